The van der Waals surface area contributed by atoms with Crippen LogP contribution in [0, 0.1) is 5.82 Å². The fourth-order valence-corrected chi connectivity index (χ4v) is 3.15. The van der Waals surface area contributed by atoms with Gasteiger partial charge in [0.25, 0.3) is 0 Å². The van der Waals surface area contributed by atoms with E-state index in [-0.39, 0.29) is 11.9 Å². The molecular formula is C16H16FN3OS. The summed E-state index contributed by atoms with van der Waals surface area (Å²) < 4.78 is 20.3. The highest BCUT2D eigenvalue weighted by Crippen LogP contribution is 2.32. The van der Waals surface area contributed by atoms with Gasteiger partial charge in [0, 0.05) is 19.5 Å². The number of hydrogen-bond acceptors (Lipinski definition) is 4. The van der Waals surface area contributed by atoms with E-state index in [1.807, 2.05) is 25.3 Å². The van der Waals surface area contributed by atoms with Crippen molar-refractivity contribution in [2.45, 2.75) is 19.6 Å². The van der Waals surface area contributed by atoms with Crippen molar-refractivity contribution in [1.29, 1.82) is 0 Å². The van der Waals surface area contributed by atoms with Gasteiger partial charge >= 0.3 is 0 Å². The third-order valence-corrected chi connectivity index (χ3v) is 4.48. The van der Waals surface area contributed by atoms with Crippen LogP contribution in [-0.4, -0.2) is 27.7 Å². The van der Waals surface area contributed by atoms with Crippen LogP contribution < -0.4 is 0 Å². The van der Waals surface area contributed by atoms with Gasteiger partial charge in [0.1, 0.15) is 11.6 Å². The standard InChI is InChI=1S/C16H16FN3OS/c1-11(21-2)10-20-8-7-18-16(20)15-6-5-14(22-15)13-4-3-12(17)9-19-13/h3-9,11H,10H2,1-2H3. The monoisotopic (exact) mass is 317 g/mol. The average Bonchev–Trinajstić information content (AvgIpc) is 3.16. The topological polar surface area (TPSA) is 39.9 Å². The molecule has 3 aromatic heterocycles. The van der Waals surface area contributed by atoms with E-state index >= 15 is 0 Å². The fourth-order valence-electron chi connectivity index (χ4n) is 2.15. The predicted octanol–water partition coefficient (Wildman–Crippen LogP) is 3.85. The molecule has 1 unspecified atom stereocenters. The third kappa shape index (κ3) is 3.08. The number of hydrogen-bond donors (Lipinski definition) is 0. The van der Waals surface area contributed by atoms with Crippen molar-refractivity contribution in [3.05, 3.63) is 48.7 Å². The van der Waals surface area contributed by atoms with E-state index in [0.717, 1.165) is 27.8 Å². The van der Waals surface area contributed by atoms with Gasteiger partial charge in [0.15, 0.2) is 0 Å². The van der Waals surface area contributed by atoms with Crippen LogP contribution in [0.5, 0.6) is 0 Å². The number of pyridine rings is 1. The second kappa shape index (κ2) is 6.37. The van der Waals surface area contributed by atoms with Crippen molar-refractivity contribution in [1.82, 2.24) is 14.5 Å². The summed E-state index contributed by atoms with van der Waals surface area (Å²) in [6.07, 6.45) is 5.08. The predicted molar refractivity (Wildman–Crippen MR) is 85.2 cm³/mol. The summed E-state index contributed by atoms with van der Waals surface area (Å²) in [4.78, 5) is 10.6. The first-order valence-corrected chi connectivity index (χ1v) is 7.75. The molecule has 0 saturated heterocycles. The Bertz CT molecular complexity index is 751. The lowest BCUT2D eigenvalue weighted by Crippen LogP contribution is -2.14. The van der Waals surface area contributed by atoms with Gasteiger partial charge in [-0.05, 0) is 31.2 Å². The molecule has 1 atom stereocenters. The maximum absolute atomic E-state index is 13.0. The molecule has 6 heteroatoms. The summed E-state index contributed by atoms with van der Waals surface area (Å²) in [5.41, 5.74) is 0.765. The van der Waals surface area contributed by atoms with E-state index in [1.165, 1.54) is 12.3 Å². The van der Waals surface area contributed by atoms with Crippen LogP contribution in [-0.2, 0) is 11.3 Å². The first-order valence-electron chi connectivity index (χ1n) is 6.93. The summed E-state index contributed by atoms with van der Waals surface area (Å²) in [6, 6.07) is 7.10. The summed E-state index contributed by atoms with van der Waals surface area (Å²) in [6.45, 7) is 2.76. The minimum atomic E-state index is -0.329. The Hall–Kier alpha value is -2.05. The van der Waals surface area contributed by atoms with E-state index in [1.54, 1.807) is 30.7 Å². The Morgan fingerprint density at radius 2 is 2.05 bits per heavy atom. The van der Waals surface area contributed by atoms with Gasteiger partial charge in [0.05, 0.1) is 34.3 Å². The molecule has 22 heavy (non-hydrogen) atoms. The van der Waals surface area contributed by atoms with Gasteiger partial charge in [-0.2, -0.15) is 0 Å². The molecule has 114 valence electrons. The second-order valence-corrected chi connectivity index (χ2v) is 6.06. The summed E-state index contributed by atoms with van der Waals surface area (Å²) in [5, 5.41) is 0. The zero-order valence-electron chi connectivity index (χ0n) is 12.4. The number of ether oxygens (including phenoxy) is 1. The lowest BCUT2D eigenvalue weighted by molar-refractivity contribution is 0.103. The molecule has 0 amide bonds. The lowest BCUT2D eigenvalue weighted by atomic mass is 10.3. The fraction of sp³-hybridized carbons (Fsp3) is 0.250. The number of methoxy groups -OCH3 is 1. The molecule has 3 aromatic rings. The van der Waals surface area contributed by atoms with Crippen LogP contribution in [0.4, 0.5) is 4.39 Å². The second-order valence-electron chi connectivity index (χ2n) is 4.98. The molecular weight excluding hydrogens is 301 g/mol. The van der Waals surface area contributed by atoms with E-state index in [4.69, 9.17) is 4.74 Å². The minimum Gasteiger partial charge on any atom is -0.380 e. The maximum Gasteiger partial charge on any atom is 0.150 e. The van der Waals surface area contributed by atoms with Crippen LogP contribution in [0.15, 0.2) is 42.9 Å². The molecule has 0 aromatic carbocycles. The highest BCUT2D eigenvalue weighted by atomic mass is 32.1. The van der Waals surface area contributed by atoms with E-state index in [2.05, 4.69) is 14.5 Å². The van der Waals surface area contributed by atoms with Crippen LogP contribution in [0.2, 0.25) is 0 Å². The molecule has 0 aliphatic heterocycles. The minimum absolute atomic E-state index is 0.117. The van der Waals surface area contributed by atoms with Crippen molar-refractivity contribution in [2.24, 2.45) is 0 Å². The Balaban J connectivity index is 1.88. The summed E-state index contributed by atoms with van der Waals surface area (Å²) >= 11 is 1.59. The number of imidazole rings is 1. The maximum atomic E-state index is 13.0. The van der Waals surface area contributed by atoms with Crippen LogP contribution in [0.25, 0.3) is 21.3 Å². The Morgan fingerprint density at radius 1 is 1.23 bits per heavy atom. The number of thiophene rings is 1. The van der Waals surface area contributed by atoms with Gasteiger partial charge in [-0.25, -0.2) is 9.37 Å². The molecule has 0 N–H and O–H groups in total. The van der Waals surface area contributed by atoms with Crippen molar-refractivity contribution in [3.63, 3.8) is 0 Å². The Labute approximate surface area is 132 Å². The van der Waals surface area contributed by atoms with Crippen molar-refractivity contribution in [2.75, 3.05) is 7.11 Å². The molecule has 3 heterocycles. The normalized spacial score (nSPS) is 12.5. The molecule has 0 radical (unpaired) electrons. The summed E-state index contributed by atoms with van der Waals surface area (Å²) in [5.74, 6) is 0.576. The smallest absolute Gasteiger partial charge is 0.150 e. The SMILES string of the molecule is COC(C)Cn1ccnc1-c1ccc(-c2ccc(F)cn2)s1. The number of halogens is 1. The average molecular weight is 317 g/mol. The molecule has 4 nitrogen and oxygen atoms in total. The Kier molecular flexibility index (Phi) is 4.31. The van der Waals surface area contributed by atoms with Crippen LogP contribution in [0.1, 0.15) is 6.92 Å². The molecule has 0 spiro atoms. The molecule has 0 saturated carbocycles. The largest absolute Gasteiger partial charge is 0.380 e. The van der Waals surface area contributed by atoms with Gasteiger partial charge in [0.2, 0.25) is 0 Å². The van der Waals surface area contributed by atoms with Gasteiger partial charge < -0.3 is 9.30 Å². The highest BCUT2D eigenvalue weighted by molar-refractivity contribution is 7.18. The molecule has 3 rings (SSSR count). The number of aromatic nitrogens is 3. The first-order chi connectivity index (χ1) is 10.7. The molecule has 0 aliphatic carbocycles. The van der Waals surface area contributed by atoms with Gasteiger partial charge in [-0.15, -0.1) is 11.3 Å². The molecule has 0 fully saturated rings. The van der Waals surface area contributed by atoms with Gasteiger partial charge in [-0.3, -0.25) is 4.98 Å². The number of nitrogens with zero attached hydrogens (tertiary/aromatic N) is 3. The first kappa shape index (κ1) is 14.9. The molecule has 0 bridgehead atoms. The zero-order chi connectivity index (χ0) is 15.5. The lowest BCUT2D eigenvalue weighted by Gasteiger charge is -2.12. The quantitative estimate of drug-likeness (QED) is 0.717. The van der Waals surface area contributed by atoms with E-state index < -0.39 is 0 Å². The summed E-state index contributed by atoms with van der Waals surface area (Å²) in [7, 11) is 1.70. The van der Waals surface area contributed by atoms with E-state index in [9.17, 15) is 4.39 Å². The van der Waals surface area contributed by atoms with Crippen molar-refractivity contribution >= 4 is 11.3 Å². The van der Waals surface area contributed by atoms with Gasteiger partial charge in [-0.1, -0.05) is 0 Å². The van der Waals surface area contributed by atoms with E-state index in [0.29, 0.717) is 0 Å². The number of rotatable bonds is 5. The van der Waals surface area contributed by atoms with Crippen molar-refractivity contribution in [3.8, 4) is 21.3 Å². The zero-order valence-corrected chi connectivity index (χ0v) is 13.2. The molecule has 0 aliphatic rings. The third-order valence-electron chi connectivity index (χ3n) is 3.38. The Morgan fingerprint density at radius 3 is 2.77 bits per heavy atom. The van der Waals surface area contributed by atoms with Crippen molar-refractivity contribution < 1.29 is 9.13 Å². The van der Waals surface area contributed by atoms with Crippen LogP contribution >= 0.6 is 11.3 Å². The van der Waals surface area contributed by atoms with Crippen LogP contribution in [0.3, 0.4) is 0 Å². The highest BCUT2D eigenvalue weighted by Gasteiger charge is 2.12.